The van der Waals surface area contributed by atoms with Crippen molar-refractivity contribution in [2.75, 3.05) is 4.72 Å². The fraction of sp³-hybridized carbons (Fsp3) is 0.300. The fourth-order valence-corrected chi connectivity index (χ4v) is 2.72. The van der Waals surface area contributed by atoms with Gasteiger partial charge >= 0.3 is 0 Å². The van der Waals surface area contributed by atoms with Crippen molar-refractivity contribution < 1.29 is 13.2 Å². The summed E-state index contributed by atoms with van der Waals surface area (Å²) >= 11 is 0. The molecule has 0 saturated heterocycles. The molecule has 6 heteroatoms. The molecule has 1 aromatic rings. The van der Waals surface area contributed by atoms with E-state index < -0.39 is 15.9 Å². The Morgan fingerprint density at radius 1 is 1.25 bits per heavy atom. The molecule has 0 heterocycles. The Morgan fingerprint density at radius 3 is 2.25 bits per heavy atom. The quantitative estimate of drug-likeness (QED) is 0.811. The van der Waals surface area contributed by atoms with Gasteiger partial charge in [0.05, 0.1) is 5.25 Å². The maximum Gasteiger partial charge on any atom is 0.248 e. The highest BCUT2D eigenvalue weighted by molar-refractivity contribution is 7.93. The average molecular weight is 240 g/mol. The normalized spacial score (nSPS) is 15.8. The fourth-order valence-electron chi connectivity index (χ4n) is 1.33. The lowest BCUT2D eigenvalue weighted by molar-refractivity contribution is 0.100. The summed E-state index contributed by atoms with van der Waals surface area (Å²) in [5.41, 5.74) is 5.88. The third kappa shape index (κ3) is 2.33. The van der Waals surface area contributed by atoms with Crippen LogP contribution in [0.25, 0.3) is 0 Å². The molecule has 1 aliphatic carbocycles. The molecular formula is C10H12N2O3S. The van der Waals surface area contributed by atoms with Crippen molar-refractivity contribution in [3.05, 3.63) is 29.8 Å². The minimum Gasteiger partial charge on any atom is -0.366 e. The van der Waals surface area contributed by atoms with Crippen LogP contribution >= 0.6 is 0 Å². The lowest BCUT2D eigenvalue weighted by atomic mass is 10.2. The number of hydrogen-bond acceptors (Lipinski definition) is 3. The Hall–Kier alpha value is -1.56. The van der Waals surface area contributed by atoms with Crippen molar-refractivity contribution in [3.63, 3.8) is 0 Å². The molecule has 1 fully saturated rings. The van der Waals surface area contributed by atoms with Gasteiger partial charge in [-0.15, -0.1) is 0 Å². The summed E-state index contributed by atoms with van der Waals surface area (Å²) in [6, 6.07) is 6.04. The van der Waals surface area contributed by atoms with Crippen LogP contribution < -0.4 is 10.5 Å². The van der Waals surface area contributed by atoms with Crippen LogP contribution in [0.4, 0.5) is 5.69 Å². The highest BCUT2D eigenvalue weighted by Gasteiger charge is 2.35. The first kappa shape index (κ1) is 10.9. The van der Waals surface area contributed by atoms with Gasteiger partial charge in [0, 0.05) is 11.3 Å². The first-order chi connectivity index (χ1) is 7.49. The second-order valence-corrected chi connectivity index (χ2v) is 5.75. The minimum atomic E-state index is -3.24. The van der Waals surface area contributed by atoms with Gasteiger partial charge < -0.3 is 5.73 Å². The summed E-state index contributed by atoms with van der Waals surface area (Å²) in [5, 5.41) is -0.261. The predicted octanol–water partition coefficient (Wildman–Crippen LogP) is 0.690. The minimum absolute atomic E-state index is 0.261. The highest BCUT2D eigenvalue weighted by Crippen LogP contribution is 2.29. The molecule has 2 rings (SSSR count). The summed E-state index contributed by atoms with van der Waals surface area (Å²) in [7, 11) is -3.24. The lowest BCUT2D eigenvalue weighted by Gasteiger charge is -2.06. The monoisotopic (exact) mass is 240 g/mol. The van der Waals surface area contributed by atoms with E-state index in [1.807, 2.05) is 0 Å². The Morgan fingerprint density at radius 2 is 1.81 bits per heavy atom. The molecule has 0 radical (unpaired) electrons. The maximum atomic E-state index is 11.6. The second-order valence-electron chi connectivity index (χ2n) is 3.79. The van der Waals surface area contributed by atoms with Crippen LogP contribution in [0.2, 0.25) is 0 Å². The smallest absolute Gasteiger partial charge is 0.248 e. The largest absolute Gasteiger partial charge is 0.366 e. The number of benzene rings is 1. The van der Waals surface area contributed by atoms with Crippen LogP contribution in [-0.2, 0) is 10.0 Å². The van der Waals surface area contributed by atoms with Gasteiger partial charge in [-0.1, -0.05) is 0 Å². The van der Waals surface area contributed by atoms with Crippen LogP contribution in [0.5, 0.6) is 0 Å². The van der Waals surface area contributed by atoms with Crippen molar-refractivity contribution in [2.45, 2.75) is 18.1 Å². The first-order valence-electron chi connectivity index (χ1n) is 4.90. The first-order valence-corrected chi connectivity index (χ1v) is 6.45. The lowest BCUT2D eigenvalue weighted by Crippen LogP contribution is -2.17. The van der Waals surface area contributed by atoms with Crippen LogP contribution in [0.1, 0.15) is 23.2 Å². The van der Waals surface area contributed by atoms with Gasteiger partial charge in [0.2, 0.25) is 15.9 Å². The Balaban J connectivity index is 2.13. The van der Waals surface area contributed by atoms with Crippen molar-refractivity contribution in [1.29, 1.82) is 0 Å². The molecule has 0 unspecified atom stereocenters. The van der Waals surface area contributed by atoms with Gasteiger partial charge in [-0.2, -0.15) is 0 Å². The van der Waals surface area contributed by atoms with E-state index in [1.54, 1.807) is 0 Å². The van der Waals surface area contributed by atoms with Crippen molar-refractivity contribution in [2.24, 2.45) is 5.73 Å². The number of hydrogen-bond donors (Lipinski definition) is 2. The van der Waals surface area contributed by atoms with E-state index in [0.29, 0.717) is 24.1 Å². The van der Waals surface area contributed by atoms with Crippen LogP contribution in [-0.4, -0.2) is 19.6 Å². The zero-order valence-corrected chi connectivity index (χ0v) is 9.33. The molecule has 1 saturated carbocycles. The third-order valence-corrected chi connectivity index (χ3v) is 4.26. The number of rotatable bonds is 4. The summed E-state index contributed by atoms with van der Waals surface area (Å²) in [6.45, 7) is 0. The van der Waals surface area contributed by atoms with Gasteiger partial charge in [-0.25, -0.2) is 8.42 Å². The molecule has 0 aromatic heterocycles. The van der Waals surface area contributed by atoms with E-state index in [1.165, 1.54) is 24.3 Å². The number of anilines is 1. The molecule has 1 aliphatic rings. The van der Waals surface area contributed by atoms with Gasteiger partial charge in [0.1, 0.15) is 0 Å². The van der Waals surface area contributed by atoms with Crippen molar-refractivity contribution >= 4 is 21.6 Å². The van der Waals surface area contributed by atoms with E-state index in [2.05, 4.69) is 4.72 Å². The van der Waals surface area contributed by atoms with E-state index in [9.17, 15) is 13.2 Å². The molecule has 0 bridgehead atoms. The second kappa shape index (κ2) is 3.79. The van der Waals surface area contributed by atoms with E-state index in [0.717, 1.165) is 0 Å². The van der Waals surface area contributed by atoms with Crippen LogP contribution in [0.3, 0.4) is 0 Å². The van der Waals surface area contributed by atoms with E-state index >= 15 is 0 Å². The topological polar surface area (TPSA) is 89.3 Å². The zero-order valence-electron chi connectivity index (χ0n) is 8.51. The molecule has 0 atom stereocenters. The Bertz CT molecular complexity index is 503. The number of amides is 1. The summed E-state index contributed by atoms with van der Waals surface area (Å²) in [4.78, 5) is 10.8. The summed E-state index contributed by atoms with van der Waals surface area (Å²) in [5.74, 6) is -0.531. The molecule has 5 nitrogen and oxygen atoms in total. The molecular weight excluding hydrogens is 228 g/mol. The number of nitrogens with one attached hydrogen (secondary N) is 1. The Labute approximate surface area is 93.7 Å². The maximum absolute atomic E-state index is 11.6. The van der Waals surface area contributed by atoms with E-state index in [-0.39, 0.29) is 5.25 Å². The zero-order chi connectivity index (χ0) is 11.8. The van der Waals surface area contributed by atoms with Gasteiger partial charge in [0.15, 0.2) is 0 Å². The average Bonchev–Trinajstić information content (AvgIpc) is 3.01. The Kier molecular flexibility index (Phi) is 2.59. The number of nitrogens with two attached hydrogens (primary N) is 1. The number of carbonyl (C=O) groups is 1. The van der Waals surface area contributed by atoms with Gasteiger partial charge in [-0.05, 0) is 37.1 Å². The SMILES string of the molecule is NC(=O)c1ccc(NS(=O)(=O)C2CC2)cc1. The molecule has 86 valence electrons. The van der Waals surface area contributed by atoms with Gasteiger partial charge in [-0.3, -0.25) is 9.52 Å². The molecule has 1 amide bonds. The van der Waals surface area contributed by atoms with Gasteiger partial charge in [0.25, 0.3) is 0 Å². The number of carbonyl (C=O) groups excluding carboxylic acids is 1. The molecule has 3 N–H and O–H groups in total. The molecule has 0 aliphatic heterocycles. The molecule has 16 heavy (non-hydrogen) atoms. The van der Waals surface area contributed by atoms with Crippen LogP contribution in [0, 0.1) is 0 Å². The number of primary amides is 1. The third-order valence-electron chi connectivity index (χ3n) is 2.39. The van der Waals surface area contributed by atoms with Crippen molar-refractivity contribution in [3.8, 4) is 0 Å². The van der Waals surface area contributed by atoms with Crippen LogP contribution in [0.15, 0.2) is 24.3 Å². The number of sulfonamides is 1. The standard InChI is InChI=1S/C10H12N2O3S/c11-10(13)7-1-3-8(4-2-7)12-16(14,15)9-5-6-9/h1-4,9,12H,5-6H2,(H2,11,13). The summed E-state index contributed by atoms with van der Waals surface area (Å²) in [6.07, 6.45) is 1.43. The molecule has 1 aromatic carbocycles. The van der Waals surface area contributed by atoms with E-state index in [4.69, 9.17) is 5.73 Å². The van der Waals surface area contributed by atoms with Crippen molar-refractivity contribution in [1.82, 2.24) is 0 Å². The molecule has 0 spiro atoms. The highest BCUT2D eigenvalue weighted by atomic mass is 32.2. The summed E-state index contributed by atoms with van der Waals surface area (Å²) < 4.78 is 25.6. The predicted molar refractivity (Wildman–Crippen MR) is 60.5 cm³/mol.